The molecular weight excluding hydrogens is 230 g/mol. The lowest BCUT2D eigenvalue weighted by Gasteiger charge is -2.36. The van der Waals surface area contributed by atoms with E-state index in [0.29, 0.717) is 11.7 Å². The van der Waals surface area contributed by atoms with Gasteiger partial charge in [0.25, 0.3) is 5.91 Å². The molecule has 0 bridgehead atoms. The molecule has 2 heterocycles. The number of carbonyl (C=O) groups is 1. The van der Waals surface area contributed by atoms with Crippen molar-refractivity contribution in [2.75, 3.05) is 12.1 Å². The summed E-state index contributed by atoms with van der Waals surface area (Å²) in [6.45, 7) is 1.93. The molecule has 94 valence electrons. The fourth-order valence-electron chi connectivity index (χ4n) is 2.55. The van der Waals surface area contributed by atoms with Crippen molar-refractivity contribution in [1.29, 1.82) is 0 Å². The second kappa shape index (κ2) is 3.80. The summed E-state index contributed by atoms with van der Waals surface area (Å²) < 4.78 is 5.07. The molecule has 1 aromatic rings. The number of aromatic nitrogens is 1. The Bertz CT molecular complexity index is 535. The van der Waals surface area contributed by atoms with E-state index < -0.39 is 0 Å². The van der Waals surface area contributed by atoms with E-state index in [1.165, 1.54) is 5.01 Å². The standard InChI is InChI=1S/C13H15N3O2/c1-9-13(7-4-8-13)12(17)16(15-9)10-5-3-6-11(14-10)18-2/h3,5-6H,4,7-8H2,1-2H3. The Morgan fingerprint density at radius 1 is 1.39 bits per heavy atom. The maximum Gasteiger partial charge on any atom is 0.260 e. The van der Waals surface area contributed by atoms with Crippen molar-refractivity contribution in [2.24, 2.45) is 10.5 Å². The van der Waals surface area contributed by atoms with Crippen molar-refractivity contribution in [3.8, 4) is 5.88 Å². The van der Waals surface area contributed by atoms with Gasteiger partial charge in [-0.15, -0.1) is 0 Å². The van der Waals surface area contributed by atoms with Gasteiger partial charge in [-0.1, -0.05) is 12.5 Å². The molecule has 1 amide bonds. The van der Waals surface area contributed by atoms with Gasteiger partial charge < -0.3 is 4.74 Å². The van der Waals surface area contributed by atoms with E-state index in [1.54, 1.807) is 19.2 Å². The topological polar surface area (TPSA) is 54.8 Å². The minimum atomic E-state index is -0.343. The van der Waals surface area contributed by atoms with Crippen LogP contribution in [0.15, 0.2) is 23.3 Å². The smallest absolute Gasteiger partial charge is 0.260 e. The van der Waals surface area contributed by atoms with Crippen LogP contribution in [0.1, 0.15) is 26.2 Å². The first-order valence-corrected chi connectivity index (χ1v) is 6.09. The summed E-state index contributed by atoms with van der Waals surface area (Å²) in [5.41, 5.74) is 0.563. The molecule has 3 rings (SSSR count). The Kier molecular flexibility index (Phi) is 2.36. The van der Waals surface area contributed by atoms with Crippen molar-refractivity contribution in [1.82, 2.24) is 4.98 Å². The van der Waals surface area contributed by atoms with Gasteiger partial charge in [0, 0.05) is 6.07 Å². The zero-order valence-electron chi connectivity index (χ0n) is 10.5. The van der Waals surface area contributed by atoms with Crippen LogP contribution >= 0.6 is 0 Å². The first kappa shape index (κ1) is 11.2. The highest BCUT2D eigenvalue weighted by molar-refractivity contribution is 6.18. The highest BCUT2D eigenvalue weighted by Crippen LogP contribution is 2.47. The van der Waals surface area contributed by atoms with Crippen LogP contribution in [-0.2, 0) is 4.79 Å². The normalized spacial score (nSPS) is 20.9. The average Bonchev–Trinajstić information content (AvgIpc) is 2.61. The van der Waals surface area contributed by atoms with Crippen molar-refractivity contribution >= 4 is 17.4 Å². The number of pyridine rings is 1. The minimum absolute atomic E-state index is 0.0482. The zero-order chi connectivity index (χ0) is 12.8. The number of hydrogen-bond acceptors (Lipinski definition) is 4. The van der Waals surface area contributed by atoms with Crippen LogP contribution < -0.4 is 9.75 Å². The molecule has 1 aliphatic carbocycles. The number of hydrazone groups is 1. The molecule has 1 aliphatic heterocycles. The Balaban J connectivity index is 1.96. The second-order valence-corrected chi connectivity index (χ2v) is 4.78. The highest BCUT2D eigenvalue weighted by Gasteiger charge is 2.53. The summed E-state index contributed by atoms with van der Waals surface area (Å²) in [5, 5.41) is 5.79. The lowest BCUT2D eigenvalue weighted by molar-refractivity contribution is -0.127. The third-order valence-electron chi connectivity index (χ3n) is 3.89. The van der Waals surface area contributed by atoms with Gasteiger partial charge in [-0.2, -0.15) is 15.1 Å². The zero-order valence-corrected chi connectivity index (χ0v) is 10.5. The molecule has 5 heteroatoms. The number of rotatable bonds is 2. The summed E-state index contributed by atoms with van der Waals surface area (Å²) in [5.74, 6) is 1.07. The Hall–Kier alpha value is -1.91. The minimum Gasteiger partial charge on any atom is -0.481 e. The van der Waals surface area contributed by atoms with Crippen molar-refractivity contribution in [3.63, 3.8) is 0 Å². The molecule has 0 radical (unpaired) electrons. The Labute approximate surface area is 105 Å². The van der Waals surface area contributed by atoms with E-state index in [-0.39, 0.29) is 11.3 Å². The van der Waals surface area contributed by atoms with E-state index in [9.17, 15) is 4.79 Å². The molecule has 5 nitrogen and oxygen atoms in total. The summed E-state index contributed by atoms with van der Waals surface area (Å²) in [7, 11) is 1.56. The number of nitrogens with zero attached hydrogens (tertiary/aromatic N) is 3. The molecule has 1 saturated carbocycles. The molecule has 0 saturated heterocycles. The van der Waals surface area contributed by atoms with E-state index >= 15 is 0 Å². The predicted molar refractivity (Wildman–Crippen MR) is 67.7 cm³/mol. The fraction of sp³-hybridized carbons (Fsp3) is 0.462. The van der Waals surface area contributed by atoms with Gasteiger partial charge in [0.15, 0.2) is 5.82 Å². The molecule has 0 atom stereocenters. The van der Waals surface area contributed by atoms with Crippen molar-refractivity contribution in [2.45, 2.75) is 26.2 Å². The maximum absolute atomic E-state index is 12.5. The maximum atomic E-state index is 12.5. The first-order chi connectivity index (χ1) is 8.67. The summed E-state index contributed by atoms with van der Waals surface area (Å²) in [6, 6.07) is 5.33. The van der Waals surface area contributed by atoms with Gasteiger partial charge >= 0.3 is 0 Å². The van der Waals surface area contributed by atoms with Gasteiger partial charge in [0.2, 0.25) is 5.88 Å². The number of hydrogen-bond donors (Lipinski definition) is 0. The fourth-order valence-corrected chi connectivity index (χ4v) is 2.55. The molecule has 1 fully saturated rings. The van der Waals surface area contributed by atoms with Crippen molar-refractivity contribution in [3.05, 3.63) is 18.2 Å². The average molecular weight is 245 g/mol. The van der Waals surface area contributed by atoms with Crippen LogP contribution in [0, 0.1) is 5.41 Å². The number of ether oxygens (including phenoxy) is 1. The molecule has 0 unspecified atom stereocenters. The SMILES string of the molecule is COc1cccc(N2N=C(C)C3(CCC3)C2=O)n1. The molecule has 18 heavy (non-hydrogen) atoms. The van der Waals surface area contributed by atoms with E-state index in [1.807, 2.05) is 13.0 Å². The van der Waals surface area contributed by atoms with Gasteiger partial charge in [0.05, 0.1) is 18.2 Å². The molecule has 0 aromatic carbocycles. The number of methoxy groups -OCH3 is 1. The van der Waals surface area contributed by atoms with Crippen LogP contribution in [-0.4, -0.2) is 23.7 Å². The molecule has 1 spiro atoms. The van der Waals surface area contributed by atoms with Crippen LogP contribution in [0.3, 0.4) is 0 Å². The van der Waals surface area contributed by atoms with Crippen LogP contribution in [0.2, 0.25) is 0 Å². The quantitative estimate of drug-likeness (QED) is 0.800. The van der Waals surface area contributed by atoms with E-state index in [2.05, 4.69) is 10.1 Å². The van der Waals surface area contributed by atoms with Gasteiger partial charge in [-0.3, -0.25) is 4.79 Å². The Morgan fingerprint density at radius 3 is 2.72 bits per heavy atom. The number of carbonyl (C=O) groups excluding carboxylic acids is 1. The van der Waals surface area contributed by atoms with Crippen molar-refractivity contribution < 1.29 is 9.53 Å². The second-order valence-electron chi connectivity index (χ2n) is 4.78. The molecular formula is C13H15N3O2. The van der Waals surface area contributed by atoms with Gasteiger partial charge in [-0.25, -0.2) is 0 Å². The van der Waals surface area contributed by atoms with Crippen LogP contribution in [0.25, 0.3) is 0 Å². The lowest BCUT2D eigenvalue weighted by Crippen LogP contribution is -2.44. The van der Waals surface area contributed by atoms with E-state index in [0.717, 1.165) is 25.0 Å². The highest BCUT2D eigenvalue weighted by atomic mass is 16.5. The number of amides is 1. The van der Waals surface area contributed by atoms with Crippen LogP contribution in [0.4, 0.5) is 5.82 Å². The molecule has 2 aliphatic rings. The van der Waals surface area contributed by atoms with E-state index in [4.69, 9.17) is 4.74 Å². The van der Waals surface area contributed by atoms with Crippen LogP contribution in [0.5, 0.6) is 5.88 Å². The Morgan fingerprint density at radius 2 is 2.17 bits per heavy atom. The van der Waals surface area contributed by atoms with Gasteiger partial charge in [-0.05, 0) is 25.8 Å². The largest absolute Gasteiger partial charge is 0.481 e. The predicted octanol–water partition coefficient (Wildman–Crippen LogP) is 1.98. The number of anilines is 1. The summed E-state index contributed by atoms with van der Waals surface area (Å²) in [6.07, 6.45) is 2.90. The molecule has 0 N–H and O–H groups in total. The third kappa shape index (κ3) is 1.36. The monoisotopic (exact) mass is 245 g/mol. The first-order valence-electron chi connectivity index (χ1n) is 6.09. The third-order valence-corrected chi connectivity index (χ3v) is 3.89. The van der Waals surface area contributed by atoms with Gasteiger partial charge in [0.1, 0.15) is 0 Å². The molecule has 1 aromatic heterocycles. The summed E-state index contributed by atoms with van der Waals surface area (Å²) in [4.78, 5) is 16.7. The summed E-state index contributed by atoms with van der Waals surface area (Å²) >= 11 is 0. The lowest BCUT2D eigenvalue weighted by atomic mass is 9.66.